The Labute approximate surface area is 135 Å². The second-order valence-corrected chi connectivity index (χ2v) is 6.33. The average molecular weight is 322 g/mol. The minimum atomic E-state index is -0.0965. The molecule has 2 N–H and O–H groups in total. The van der Waals surface area contributed by atoms with Crippen molar-refractivity contribution in [1.82, 2.24) is 5.32 Å². The van der Waals surface area contributed by atoms with Crippen molar-refractivity contribution in [3.8, 4) is 0 Å². The van der Waals surface area contributed by atoms with Crippen molar-refractivity contribution in [2.45, 2.75) is 25.9 Å². The molecular weight excluding hydrogens is 300 g/mol. The molecule has 0 aliphatic carbocycles. The van der Waals surface area contributed by atoms with Crippen LogP contribution in [-0.2, 0) is 14.3 Å². The first-order valence-electron chi connectivity index (χ1n) is 7.46. The molecule has 0 aromatic heterocycles. The molecule has 1 unspecified atom stereocenters. The van der Waals surface area contributed by atoms with Crippen molar-refractivity contribution in [3.05, 3.63) is 29.8 Å². The lowest BCUT2D eigenvalue weighted by atomic mass is 10.2. The molecule has 0 spiro atoms. The maximum atomic E-state index is 11.8. The van der Waals surface area contributed by atoms with Gasteiger partial charge in [0.15, 0.2) is 0 Å². The maximum absolute atomic E-state index is 11.8. The van der Waals surface area contributed by atoms with E-state index < -0.39 is 0 Å². The summed E-state index contributed by atoms with van der Waals surface area (Å²) in [4.78, 5) is 23.4. The molecule has 1 aliphatic heterocycles. The van der Waals surface area contributed by atoms with Crippen LogP contribution in [0.5, 0.6) is 0 Å². The van der Waals surface area contributed by atoms with E-state index in [4.69, 9.17) is 4.74 Å². The molecule has 0 saturated carbocycles. The Kier molecular flexibility index (Phi) is 6.74. The number of aryl methyl sites for hydroxylation is 1. The number of carbonyl (C=O) groups excluding carboxylic acids is 2. The Morgan fingerprint density at radius 2 is 1.95 bits per heavy atom. The number of anilines is 1. The molecule has 1 saturated heterocycles. The summed E-state index contributed by atoms with van der Waals surface area (Å²) in [6.07, 6.45) is 2.22. The van der Waals surface area contributed by atoms with Gasteiger partial charge in [-0.15, -0.1) is 11.8 Å². The van der Waals surface area contributed by atoms with Crippen molar-refractivity contribution in [3.63, 3.8) is 0 Å². The van der Waals surface area contributed by atoms with Crippen LogP contribution in [0.4, 0.5) is 5.69 Å². The summed E-state index contributed by atoms with van der Waals surface area (Å²) in [5.41, 5.74) is 1.93. The molecule has 2 amide bonds. The van der Waals surface area contributed by atoms with Crippen LogP contribution in [0.1, 0.15) is 18.4 Å². The second kappa shape index (κ2) is 8.80. The molecule has 1 aromatic rings. The predicted octanol–water partition coefficient (Wildman–Crippen LogP) is 1.96. The summed E-state index contributed by atoms with van der Waals surface area (Å²) < 4.78 is 5.44. The van der Waals surface area contributed by atoms with E-state index in [1.54, 1.807) is 0 Å². The topological polar surface area (TPSA) is 67.4 Å². The fraction of sp³-hybridized carbons (Fsp3) is 0.500. The Hall–Kier alpha value is -1.53. The number of carbonyl (C=O) groups is 2. The van der Waals surface area contributed by atoms with Crippen molar-refractivity contribution >= 4 is 29.3 Å². The highest BCUT2D eigenvalue weighted by Crippen LogP contribution is 2.11. The third-order valence-corrected chi connectivity index (χ3v) is 4.29. The lowest BCUT2D eigenvalue weighted by molar-refractivity contribution is -0.119. The van der Waals surface area contributed by atoms with E-state index in [0.717, 1.165) is 30.7 Å². The van der Waals surface area contributed by atoms with Crippen LogP contribution in [0.25, 0.3) is 0 Å². The van der Waals surface area contributed by atoms with Gasteiger partial charge in [0.25, 0.3) is 0 Å². The Morgan fingerprint density at radius 1 is 1.23 bits per heavy atom. The Balaban J connectivity index is 1.57. The SMILES string of the molecule is Cc1ccc(NC(=O)CSCC(=O)NCC2CCCO2)cc1. The molecule has 120 valence electrons. The number of ether oxygens (including phenoxy) is 1. The second-order valence-electron chi connectivity index (χ2n) is 5.35. The maximum Gasteiger partial charge on any atom is 0.234 e. The smallest absolute Gasteiger partial charge is 0.234 e. The minimum absolute atomic E-state index is 0.0522. The van der Waals surface area contributed by atoms with Gasteiger partial charge >= 0.3 is 0 Å². The Morgan fingerprint density at radius 3 is 2.64 bits per heavy atom. The standard InChI is InChI=1S/C16H22N2O3S/c1-12-4-6-13(7-5-12)18-16(20)11-22-10-15(19)17-9-14-3-2-8-21-14/h4-7,14H,2-3,8-11H2,1H3,(H,17,19)(H,18,20). The highest BCUT2D eigenvalue weighted by Gasteiger charge is 2.16. The van der Waals surface area contributed by atoms with Gasteiger partial charge in [0.05, 0.1) is 17.6 Å². The van der Waals surface area contributed by atoms with Gasteiger partial charge in [0, 0.05) is 18.8 Å². The average Bonchev–Trinajstić information content (AvgIpc) is 3.01. The summed E-state index contributed by atoms with van der Waals surface area (Å²) in [5.74, 6) is 0.402. The largest absolute Gasteiger partial charge is 0.376 e. The summed E-state index contributed by atoms with van der Waals surface area (Å²) in [7, 11) is 0. The van der Waals surface area contributed by atoms with E-state index in [0.29, 0.717) is 6.54 Å². The van der Waals surface area contributed by atoms with E-state index in [1.165, 1.54) is 11.8 Å². The zero-order valence-electron chi connectivity index (χ0n) is 12.8. The first kappa shape index (κ1) is 16.8. The zero-order chi connectivity index (χ0) is 15.8. The monoisotopic (exact) mass is 322 g/mol. The van der Waals surface area contributed by atoms with Gasteiger partial charge in [-0.2, -0.15) is 0 Å². The lowest BCUT2D eigenvalue weighted by Gasteiger charge is -2.10. The van der Waals surface area contributed by atoms with Crippen LogP contribution >= 0.6 is 11.8 Å². The number of rotatable bonds is 7. The zero-order valence-corrected chi connectivity index (χ0v) is 13.6. The highest BCUT2D eigenvalue weighted by atomic mass is 32.2. The molecule has 1 heterocycles. The lowest BCUT2D eigenvalue weighted by Crippen LogP contribution is -2.33. The van der Waals surface area contributed by atoms with Crippen molar-refractivity contribution in [2.24, 2.45) is 0 Å². The van der Waals surface area contributed by atoms with E-state index in [1.807, 2.05) is 31.2 Å². The van der Waals surface area contributed by atoms with Gasteiger partial charge in [0.1, 0.15) is 0 Å². The third kappa shape index (κ3) is 6.07. The van der Waals surface area contributed by atoms with Crippen molar-refractivity contribution in [1.29, 1.82) is 0 Å². The van der Waals surface area contributed by atoms with Crippen LogP contribution in [0.2, 0.25) is 0 Å². The van der Waals surface area contributed by atoms with Crippen molar-refractivity contribution in [2.75, 3.05) is 30.0 Å². The predicted molar refractivity (Wildman–Crippen MR) is 89.1 cm³/mol. The minimum Gasteiger partial charge on any atom is -0.376 e. The van der Waals surface area contributed by atoms with Crippen LogP contribution in [0.15, 0.2) is 24.3 Å². The van der Waals surface area contributed by atoms with Gasteiger partial charge in [-0.05, 0) is 31.9 Å². The van der Waals surface area contributed by atoms with Gasteiger partial charge in [0.2, 0.25) is 11.8 Å². The van der Waals surface area contributed by atoms with Crippen LogP contribution in [0, 0.1) is 6.92 Å². The molecule has 22 heavy (non-hydrogen) atoms. The van der Waals surface area contributed by atoms with Crippen LogP contribution in [0.3, 0.4) is 0 Å². The van der Waals surface area contributed by atoms with Gasteiger partial charge in [-0.3, -0.25) is 9.59 Å². The number of nitrogens with one attached hydrogen (secondary N) is 2. The number of thioether (sulfide) groups is 1. The molecule has 1 atom stereocenters. The molecule has 1 aliphatic rings. The van der Waals surface area contributed by atoms with Gasteiger partial charge in [-0.1, -0.05) is 17.7 Å². The number of benzene rings is 1. The van der Waals surface area contributed by atoms with Gasteiger partial charge < -0.3 is 15.4 Å². The van der Waals surface area contributed by atoms with E-state index in [9.17, 15) is 9.59 Å². The van der Waals surface area contributed by atoms with E-state index in [2.05, 4.69) is 10.6 Å². The molecular formula is C16H22N2O3S. The normalized spacial score (nSPS) is 17.2. The highest BCUT2D eigenvalue weighted by molar-refractivity contribution is 8.00. The number of hydrogen-bond acceptors (Lipinski definition) is 4. The molecule has 0 bridgehead atoms. The summed E-state index contributed by atoms with van der Waals surface area (Å²) in [5, 5.41) is 5.65. The van der Waals surface area contributed by atoms with E-state index >= 15 is 0 Å². The third-order valence-electron chi connectivity index (χ3n) is 3.35. The number of amides is 2. The fourth-order valence-electron chi connectivity index (χ4n) is 2.15. The quantitative estimate of drug-likeness (QED) is 0.805. The molecule has 6 heteroatoms. The molecule has 2 rings (SSSR count). The summed E-state index contributed by atoms with van der Waals surface area (Å²) in [6, 6.07) is 7.63. The summed E-state index contributed by atoms with van der Waals surface area (Å²) >= 11 is 1.31. The fourth-order valence-corrected chi connectivity index (χ4v) is 2.80. The van der Waals surface area contributed by atoms with Crippen molar-refractivity contribution < 1.29 is 14.3 Å². The molecule has 1 fully saturated rings. The molecule has 5 nitrogen and oxygen atoms in total. The first-order chi connectivity index (χ1) is 10.6. The first-order valence-corrected chi connectivity index (χ1v) is 8.61. The number of hydrogen-bond donors (Lipinski definition) is 2. The van der Waals surface area contributed by atoms with Crippen LogP contribution < -0.4 is 10.6 Å². The van der Waals surface area contributed by atoms with Gasteiger partial charge in [-0.25, -0.2) is 0 Å². The van der Waals surface area contributed by atoms with Crippen LogP contribution in [-0.4, -0.2) is 42.6 Å². The molecule has 1 aromatic carbocycles. The summed E-state index contributed by atoms with van der Waals surface area (Å²) in [6.45, 7) is 3.35. The molecule has 0 radical (unpaired) electrons. The van der Waals surface area contributed by atoms with E-state index in [-0.39, 0.29) is 29.4 Å². The Bertz CT molecular complexity index is 499.